The molecule has 0 atom stereocenters. The highest BCUT2D eigenvalue weighted by Crippen LogP contribution is 2.23. The highest BCUT2D eigenvalue weighted by Gasteiger charge is 2.06. The number of alkyl halides is 1. The maximum atomic E-state index is 5.96. The first kappa shape index (κ1) is 9.47. The van der Waals surface area contributed by atoms with E-state index in [1.807, 2.05) is 25.1 Å². The number of benzene rings is 1. The van der Waals surface area contributed by atoms with E-state index in [2.05, 4.69) is 18.0 Å². The number of hydrogen-bond donors (Lipinski definition) is 0. The van der Waals surface area contributed by atoms with Gasteiger partial charge in [-0.3, -0.25) is 4.98 Å². The molecular formula is C12H12ClN. The van der Waals surface area contributed by atoms with E-state index in [1.54, 1.807) is 0 Å². The summed E-state index contributed by atoms with van der Waals surface area (Å²) >= 11 is 5.96. The Labute approximate surface area is 88.7 Å². The molecule has 0 aliphatic rings. The smallest absolute Gasteiger partial charge is 0.0708 e. The van der Waals surface area contributed by atoms with Crippen LogP contribution in [0.5, 0.6) is 0 Å². The van der Waals surface area contributed by atoms with Gasteiger partial charge in [-0.25, -0.2) is 0 Å². The largest absolute Gasteiger partial charge is 0.253 e. The van der Waals surface area contributed by atoms with E-state index in [0.717, 1.165) is 11.2 Å². The third-order valence-electron chi connectivity index (χ3n) is 2.65. The van der Waals surface area contributed by atoms with Crippen LogP contribution >= 0.6 is 11.6 Å². The van der Waals surface area contributed by atoms with Gasteiger partial charge in [-0.05, 0) is 31.0 Å². The highest BCUT2D eigenvalue weighted by atomic mass is 35.5. The average molecular weight is 206 g/mol. The molecule has 0 aliphatic heterocycles. The summed E-state index contributed by atoms with van der Waals surface area (Å²) in [7, 11) is 0. The molecule has 0 fully saturated rings. The first-order valence-corrected chi connectivity index (χ1v) is 5.18. The van der Waals surface area contributed by atoms with E-state index in [0.29, 0.717) is 5.88 Å². The Morgan fingerprint density at radius 2 is 1.93 bits per heavy atom. The lowest BCUT2D eigenvalue weighted by molar-refractivity contribution is 1.16. The number of rotatable bonds is 1. The van der Waals surface area contributed by atoms with Crippen LogP contribution < -0.4 is 0 Å². The van der Waals surface area contributed by atoms with Gasteiger partial charge < -0.3 is 0 Å². The Morgan fingerprint density at radius 3 is 2.64 bits per heavy atom. The van der Waals surface area contributed by atoms with Gasteiger partial charge in [0.1, 0.15) is 0 Å². The van der Waals surface area contributed by atoms with Crippen LogP contribution in [-0.2, 0) is 5.88 Å². The van der Waals surface area contributed by atoms with Gasteiger partial charge in [0.05, 0.1) is 5.52 Å². The Kier molecular flexibility index (Phi) is 2.42. The van der Waals surface area contributed by atoms with Gasteiger partial charge in [0.2, 0.25) is 0 Å². The Morgan fingerprint density at radius 1 is 1.21 bits per heavy atom. The summed E-state index contributed by atoms with van der Waals surface area (Å²) in [5.74, 6) is 0.551. The zero-order valence-corrected chi connectivity index (χ0v) is 9.10. The van der Waals surface area contributed by atoms with Gasteiger partial charge >= 0.3 is 0 Å². The number of para-hydroxylation sites is 1. The summed E-state index contributed by atoms with van der Waals surface area (Å²) < 4.78 is 0. The highest BCUT2D eigenvalue weighted by molar-refractivity contribution is 6.18. The minimum atomic E-state index is 0.551. The van der Waals surface area contributed by atoms with Crippen molar-refractivity contribution in [1.29, 1.82) is 0 Å². The van der Waals surface area contributed by atoms with Crippen molar-refractivity contribution in [3.63, 3.8) is 0 Å². The molecule has 2 rings (SSSR count). The van der Waals surface area contributed by atoms with Crippen molar-refractivity contribution in [3.8, 4) is 0 Å². The average Bonchev–Trinajstić information content (AvgIpc) is 2.20. The quantitative estimate of drug-likeness (QED) is 0.649. The van der Waals surface area contributed by atoms with E-state index < -0.39 is 0 Å². The van der Waals surface area contributed by atoms with Crippen molar-refractivity contribution < 1.29 is 0 Å². The zero-order valence-electron chi connectivity index (χ0n) is 8.34. The Balaban J connectivity index is 2.89. The molecule has 1 aromatic heterocycles. The second-order valence-electron chi connectivity index (χ2n) is 3.45. The number of aromatic nitrogens is 1. The lowest BCUT2D eigenvalue weighted by atomic mass is 10.0. The summed E-state index contributed by atoms with van der Waals surface area (Å²) in [5.41, 5.74) is 4.51. The van der Waals surface area contributed by atoms with Gasteiger partial charge in [-0.1, -0.05) is 18.2 Å². The molecule has 0 unspecified atom stereocenters. The third-order valence-corrected chi connectivity index (χ3v) is 2.91. The monoisotopic (exact) mass is 205 g/mol. The van der Waals surface area contributed by atoms with Crippen molar-refractivity contribution in [3.05, 3.63) is 41.1 Å². The molecule has 2 aromatic rings. The van der Waals surface area contributed by atoms with Crippen LogP contribution in [0.2, 0.25) is 0 Å². The number of nitrogens with zero attached hydrogens (tertiary/aromatic N) is 1. The predicted octanol–water partition coefficient (Wildman–Crippen LogP) is 3.59. The van der Waals surface area contributed by atoms with Crippen molar-refractivity contribution in [2.45, 2.75) is 19.7 Å². The van der Waals surface area contributed by atoms with Gasteiger partial charge in [0.25, 0.3) is 0 Å². The first-order valence-electron chi connectivity index (χ1n) is 4.65. The zero-order chi connectivity index (χ0) is 10.1. The fourth-order valence-corrected chi connectivity index (χ4v) is 2.03. The first-order chi connectivity index (χ1) is 6.74. The van der Waals surface area contributed by atoms with Crippen molar-refractivity contribution in [2.75, 3.05) is 0 Å². The SMILES string of the molecule is Cc1nc2ccccc2c(CCl)c1C. The van der Waals surface area contributed by atoms with Crippen LogP contribution in [0.15, 0.2) is 24.3 Å². The van der Waals surface area contributed by atoms with Gasteiger partial charge in [-0.2, -0.15) is 0 Å². The summed E-state index contributed by atoms with van der Waals surface area (Å²) in [4.78, 5) is 4.53. The Hall–Kier alpha value is -1.08. The molecule has 72 valence electrons. The number of halogens is 1. The van der Waals surface area contributed by atoms with E-state index in [9.17, 15) is 0 Å². The van der Waals surface area contributed by atoms with Crippen molar-refractivity contribution in [2.24, 2.45) is 0 Å². The minimum absolute atomic E-state index is 0.551. The van der Waals surface area contributed by atoms with E-state index in [-0.39, 0.29) is 0 Å². The normalized spacial score (nSPS) is 10.8. The molecule has 2 heteroatoms. The third kappa shape index (κ3) is 1.38. The topological polar surface area (TPSA) is 12.9 Å². The lowest BCUT2D eigenvalue weighted by Crippen LogP contribution is -1.95. The number of fused-ring (bicyclic) bond motifs is 1. The lowest BCUT2D eigenvalue weighted by Gasteiger charge is -2.09. The molecule has 0 N–H and O–H groups in total. The molecular weight excluding hydrogens is 194 g/mol. The molecule has 0 saturated carbocycles. The fraction of sp³-hybridized carbons (Fsp3) is 0.250. The molecule has 0 aliphatic carbocycles. The van der Waals surface area contributed by atoms with E-state index >= 15 is 0 Å². The maximum Gasteiger partial charge on any atom is 0.0708 e. The molecule has 1 aromatic carbocycles. The summed E-state index contributed by atoms with van der Waals surface area (Å²) in [6, 6.07) is 8.13. The van der Waals surface area contributed by atoms with Gasteiger partial charge in [0, 0.05) is 17.0 Å². The molecule has 0 spiro atoms. The standard InChI is InChI=1S/C12H12ClN/c1-8-9(2)14-12-6-4-3-5-10(12)11(8)7-13/h3-6H,7H2,1-2H3. The number of hydrogen-bond acceptors (Lipinski definition) is 1. The second-order valence-corrected chi connectivity index (χ2v) is 3.72. The molecule has 0 radical (unpaired) electrons. The maximum absolute atomic E-state index is 5.96. The molecule has 0 saturated heterocycles. The van der Waals surface area contributed by atoms with Gasteiger partial charge in [0.15, 0.2) is 0 Å². The van der Waals surface area contributed by atoms with Crippen LogP contribution in [0.1, 0.15) is 16.8 Å². The summed E-state index contributed by atoms with van der Waals surface area (Å²) in [6.45, 7) is 4.10. The van der Waals surface area contributed by atoms with Crippen molar-refractivity contribution in [1.82, 2.24) is 4.98 Å². The summed E-state index contributed by atoms with van der Waals surface area (Å²) in [5, 5.41) is 1.17. The number of pyridine rings is 1. The van der Waals surface area contributed by atoms with E-state index in [1.165, 1.54) is 16.5 Å². The molecule has 0 amide bonds. The molecule has 1 nitrogen and oxygen atoms in total. The van der Waals surface area contributed by atoms with Crippen LogP contribution in [0, 0.1) is 13.8 Å². The summed E-state index contributed by atoms with van der Waals surface area (Å²) in [6.07, 6.45) is 0. The molecule has 14 heavy (non-hydrogen) atoms. The predicted molar refractivity (Wildman–Crippen MR) is 60.8 cm³/mol. The fourth-order valence-electron chi connectivity index (χ4n) is 1.68. The van der Waals surface area contributed by atoms with Crippen LogP contribution in [0.4, 0.5) is 0 Å². The van der Waals surface area contributed by atoms with E-state index in [4.69, 9.17) is 11.6 Å². The second kappa shape index (κ2) is 3.58. The Bertz CT molecular complexity index is 477. The van der Waals surface area contributed by atoms with Crippen LogP contribution in [0.25, 0.3) is 10.9 Å². The number of aryl methyl sites for hydroxylation is 1. The van der Waals surface area contributed by atoms with Crippen molar-refractivity contribution >= 4 is 22.5 Å². The van der Waals surface area contributed by atoms with Gasteiger partial charge in [-0.15, -0.1) is 11.6 Å². The minimum Gasteiger partial charge on any atom is -0.253 e. The molecule has 0 bridgehead atoms. The van der Waals surface area contributed by atoms with Crippen LogP contribution in [-0.4, -0.2) is 4.98 Å². The van der Waals surface area contributed by atoms with Crippen LogP contribution in [0.3, 0.4) is 0 Å². The molecule has 1 heterocycles.